The number of hydrogen-bond acceptors (Lipinski definition) is 4. The van der Waals surface area contributed by atoms with E-state index in [1.165, 1.54) is 25.9 Å². The largest absolute Gasteiger partial charge is 0.370 e. The molecule has 2 aliphatic heterocycles. The molecule has 5 heteroatoms. The lowest BCUT2D eigenvalue weighted by Gasteiger charge is -2.24. The minimum Gasteiger partial charge on any atom is -0.370 e. The van der Waals surface area contributed by atoms with Crippen LogP contribution in [0.25, 0.3) is 0 Å². The van der Waals surface area contributed by atoms with Gasteiger partial charge in [0.1, 0.15) is 5.82 Å². The molecule has 5 nitrogen and oxygen atoms in total. The molecule has 3 rings (SSSR count). The summed E-state index contributed by atoms with van der Waals surface area (Å²) in [5, 5.41) is 3.18. The van der Waals surface area contributed by atoms with E-state index in [4.69, 9.17) is 0 Å². The Morgan fingerprint density at radius 1 is 1.38 bits per heavy atom. The van der Waals surface area contributed by atoms with E-state index in [1.807, 2.05) is 24.0 Å². The summed E-state index contributed by atoms with van der Waals surface area (Å²) in [6, 6.07) is 4.26. The van der Waals surface area contributed by atoms with Crippen molar-refractivity contribution in [1.29, 1.82) is 0 Å². The SMILES string of the molecule is CCNc1ncccc1C(=O)N1CCC(N2CCCC2)C1. The zero-order valence-electron chi connectivity index (χ0n) is 12.7. The molecular formula is C16H24N4O. The molecule has 21 heavy (non-hydrogen) atoms. The fraction of sp³-hybridized carbons (Fsp3) is 0.625. The molecule has 2 saturated heterocycles. The summed E-state index contributed by atoms with van der Waals surface area (Å²) in [5.41, 5.74) is 0.696. The number of nitrogens with one attached hydrogen (secondary N) is 1. The number of rotatable bonds is 4. The van der Waals surface area contributed by atoms with Gasteiger partial charge in [-0.1, -0.05) is 0 Å². The Kier molecular flexibility index (Phi) is 4.39. The molecule has 3 heterocycles. The quantitative estimate of drug-likeness (QED) is 0.918. The van der Waals surface area contributed by atoms with E-state index in [0.717, 1.165) is 26.1 Å². The lowest BCUT2D eigenvalue weighted by molar-refractivity contribution is 0.0780. The van der Waals surface area contributed by atoms with Crippen LogP contribution in [0.4, 0.5) is 5.82 Å². The average molecular weight is 288 g/mol. The van der Waals surface area contributed by atoms with Crippen molar-refractivity contribution in [1.82, 2.24) is 14.8 Å². The maximum absolute atomic E-state index is 12.7. The molecule has 0 aliphatic carbocycles. The number of hydrogen-bond donors (Lipinski definition) is 1. The van der Waals surface area contributed by atoms with Crippen LogP contribution in [0.5, 0.6) is 0 Å². The van der Waals surface area contributed by atoms with Crippen LogP contribution in [-0.4, -0.2) is 59.5 Å². The van der Waals surface area contributed by atoms with Crippen molar-refractivity contribution >= 4 is 11.7 Å². The lowest BCUT2D eigenvalue weighted by Crippen LogP contribution is -2.37. The van der Waals surface area contributed by atoms with E-state index in [1.54, 1.807) is 6.20 Å². The van der Waals surface area contributed by atoms with Crippen molar-refractivity contribution in [2.75, 3.05) is 38.0 Å². The number of nitrogens with zero attached hydrogens (tertiary/aromatic N) is 3. The summed E-state index contributed by atoms with van der Waals surface area (Å²) in [6.07, 6.45) is 5.43. The second kappa shape index (κ2) is 6.43. The normalized spacial score (nSPS) is 22.7. The van der Waals surface area contributed by atoms with Crippen LogP contribution < -0.4 is 5.32 Å². The third kappa shape index (κ3) is 3.02. The molecule has 1 aromatic rings. The highest BCUT2D eigenvalue weighted by Gasteiger charge is 2.32. The minimum atomic E-state index is 0.112. The van der Waals surface area contributed by atoms with E-state index in [-0.39, 0.29) is 5.91 Å². The molecule has 0 aromatic carbocycles. The van der Waals surface area contributed by atoms with Gasteiger partial charge in [0.15, 0.2) is 0 Å². The van der Waals surface area contributed by atoms with Crippen molar-refractivity contribution in [2.24, 2.45) is 0 Å². The molecule has 0 radical (unpaired) electrons. The van der Waals surface area contributed by atoms with Gasteiger partial charge in [0.05, 0.1) is 5.56 Å². The molecule has 114 valence electrons. The maximum Gasteiger partial charge on any atom is 0.257 e. The van der Waals surface area contributed by atoms with Crippen LogP contribution in [-0.2, 0) is 0 Å². The van der Waals surface area contributed by atoms with Gasteiger partial charge >= 0.3 is 0 Å². The van der Waals surface area contributed by atoms with Gasteiger partial charge in [-0.05, 0) is 51.4 Å². The van der Waals surface area contributed by atoms with Crippen LogP contribution in [0.2, 0.25) is 0 Å². The Bertz CT molecular complexity index is 499. The summed E-state index contributed by atoms with van der Waals surface area (Å²) >= 11 is 0. The zero-order valence-corrected chi connectivity index (χ0v) is 12.7. The number of aromatic nitrogens is 1. The summed E-state index contributed by atoms with van der Waals surface area (Å²) < 4.78 is 0. The van der Waals surface area contributed by atoms with Gasteiger partial charge in [-0.15, -0.1) is 0 Å². The first-order valence-electron chi connectivity index (χ1n) is 8.02. The third-order valence-corrected chi connectivity index (χ3v) is 4.49. The first-order valence-corrected chi connectivity index (χ1v) is 8.02. The zero-order chi connectivity index (χ0) is 14.7. The molecule has 2 aliphatic rings. The van der Waals surface area contributed by atoms with Gasteiger partial charge in [-0.2, -0.15) is 0 Å². The molecule has 1 N–H and O–H groups in total. The molecule has 1 amide bonds. The predicted molar refractivity (Wildman–Crippen MR) is 83.5 cm³/mol. The number of carbonyl (C=O) groups excluding carboxylic acids is 1. The van der Waals surface area contributed by atoms with Crippen molar-refractivity contribution in [3.05, 3.63) is 23.9 Å². The summed E-state index contributed by atoms with van der Waals surface area (Å²) in [5.74, 6) is 0.815. The van der Waals surface area contributed by atoms with Crippen LogP contribution in [0.3, 0.4) is 0 Å². The van der Waals surface area contributed by atoms with Crippen LogP contribution in [0.15, 0.2) is 18.3 Å². The highest BCUT2D eigenvalue weighted by molar-refractivity contribution is 5.98. The van der Waals surface area contributed by atoms with Crippen LogP contribution in [0.1, 0.15) is 36.5 Å². The van der Waals surface area contributed by atoms with Gasteiger partial charge in [-0.3, -0.25) is 9.69 Å². The smallest absolute Gasteiger partial charge is 0.257 e. The number of pyridine rings is 1. The Morgan fingerprint density at radius 2 is 2.19 bits per heavy atom. The van der Waals surface area contributed by atoms with Crippen LogP contribution in [0, 0.1) is 0 Å². The van der Waals surface area contributed by atoms with Gasteiger partial charge < -0.3 is 10.2 Å². The standard InChI is InChI=1S/C16H24N4O/c1-2-17-15-14(6-5-8-18-15)16(21)20-11-7-13(12-20)19-9-3-4-10-19/h5-6,8,13H,2-4,7,9-12H2,1H3,(H,17,18). The van der Waals surface area contributed by atoms with E-state index in [2.05, 4.69) is 15.2 Å². The van der Waals surface area contributed by atoms with E-state index in [0.29, 0.717) is 17.4 Å². The Labute approximate surface area is 126 Å². The van der Waals surface area contributed by atoms with Crippen molar-refractivity contribution in [3.63, 3.8) is 0 Å². The van der Waals surface area contributed by atoms with Gasteiger partial charge in [0, 0.05) is 31.9 Å². The molecule has 1 unspecified atom stereocenters. The van der Waals surface area contributed by atoms with E-state index in [9.17, 15) is 4.79 Å². The molecule has 0 saturated carbocycles. The number of carbonyl (C=O) groups is 1. The topological polar surface area (TPSA) is 48.5 Å². The number of likely N-dealkylation sites (tertiary alicyclic amines) is 2. The third-order valence-electron chi connectivity index (χ3n) is 4.49. The summed E-state index contributed by atoms with van der Waals surface area (Å²) in [6.45, 7) is 6.90. The highest BCUT2D eigenvalue weighted by atomic mass is 16.2. The van der Waals surface area contributed by atoms with Crippen molar-refractivity contribution in [2.45, 2.75) is 32.2 Å². The van der Waals surface area contributed by atoms with Gasteiger partial charge in [-0.25, -0.2) is 4.98 Å². The van der Waals surface area contributed by atoms with E-state index >= 15 is 0 Å². The fourth-order valence-electron chi connectivity index (χ4n) is 3.39. The minimum absolute atomic E-state index is 0.112. The molecular weight excluding hydrogens is 264 g/mol. The monoisotopic (exact) mass is 288 g/mol. The predicted octanol–water partition coefficient (Wildman–Crippen LogP) is 1.82. The molecule has 0 bridgehead atoms. The summed E-state index contributed by atoms with van der Waals surface area (Å²) in [7, 11) is 0. The lowest BCUT2D eigenvalue weighted by atomic mass is 10.2. The molecule has 1 atom stereocenters. The second-order valence-electron chi connectivity index (χ2n) is 5.87. The van der Waals surface area contributed by atoms with Crippen LogP contribution >= 0.6 is 0 Å². The average Bonchev–Trinajstić information content (AvgIpc) is 3.18. The Balaban J connectivity index is 1.68. The first kappa shape index (κ1) is 14.3. The first-order chi connectivity index (χ1) is 10.3. The maximum atomic E-state index is 12.7. The molecule has 0 spiro atoms. The molecule has 2 fully saturated rings. The molecule has 1 aromatic heterocycles. The fourth-order valence-corrected chi connectivity index (χ4v) is 3.39. The Hall–Kier alpha value is -1.62. The van der Waals surface area contributed by atoms with Gasteiger partial charge in [0.25, 0.3) is 5.91 Å². The van der Waals surface area contributed by atoms with E-state index < -0.39 is 0 Å². The van der Waals surface area contributed by atoms with Crippen molar-refractivity contribution < 1.29 is 4.79 Å². The highest BCUT2D eigenvalue weighted by Crippen LogP contribution is 2.23. The summed E-state index contributed by atoms with van der Waals surface area (Å²) in [4.78, 5) is 21.5. The Morgan fingerprint density at radius 3 is 2.95 bits per heavy atom. The van der Waals surface area contributed by atoms with Gasteiger partial charge in [0.2, 0.25) is 0 Å². The number of anilines is 1. The van der Waals surface area contributed by atoms with Crippen molar-refractivity contribution in [3.8, 4) is 0 Å². The second-order valence-corrected chi connectivity index (χ2v) is 5.87. The number of amides is 1.